The molecular formula is C18H16N2O3. The second kappa shape index (κ2) is 7.66. The molecule has 1 amide bonds. The van der Waals surface area contributed by atoms with Crippen molar-refractivity contribution >= 4 is 12.0 Å². The fourth-order valence-electron chi connectivity index (χ4n) is 1.96. The van der Waals surface area contributed by atoms with E-state index in [9.17, 15) is 15.0 Å². The second-order valence-electron chi connectivity index (χ2n) is 4.93. The van der Waals surface area contributed by atoms with Crippen LogP contribution in [0.4, 0.5) is 0 Å². The Bertz CT molecular complexity index is 741. The molecule has 0 heterocycles. The molecule has 0 atom stereocenters. The van der Waals surface area contributed by atoms with Gasteiger partial charge in [0.05, 0.1) is 0 Å². The van der Waals surface area contributed by atoms with Gasteiger partial charge in [-0.2, -0.15) is 5.26 Å². The lowest BCUT2D eigenvalue weighted by Gasteiger charge is -2.05. The fourth-order valence-corrected chi connectivity index (χ4v) is 1.96. The molecule has 3 N–H and O–H groups in total. The van der Waals surface area contributed by atoms with Crippen LogP contribution in [0, 0.1) is 11.3 Å². The lowest BCUT2D eigenvalue weighted by atomic mass is 10.1. The van der Waals surface area contributed by atoms with Gasteiger partial charge in [0.2, 0.25) is 0 Å². The summed E-state index contributed by atoms with van der Waals surface area (Å²) >= 11 is 0. The van der Waals surface area contributed by atoms with Crippen LogP contribution in [0.15, 0.2) is 54.1 Å². The third-order valence-electron chi connectivity index (χ3n) is 3.20. The van der Waals surface area contributed by atoms with E-state index < -0.39 is 5.91 Å². The number of phenols is 2. The molecular weight excluding hydrogens is 292 g/mol. The largest absolute Gasteiger partial charge is 0.508 e. The summed E-state index contributed by atoms with van der Waals surface area (Å²) in [6, 6.07) is 14.8. The van der Waals surface area contributed by atoms with Crippen LogP contribution >= 0.6 is 0 Å². The molecule has 0 saturated carbocycles. The van der Waals surface area contributed by atoms with Crippen molar-refractivity contribution in [2.45, 2.75) is 6.42 Å². The van der Waals surface area contributed by atoms with E-state index in [4.69, 9.17) is 5.26 Å². The molecule has 0 spiro atoms. The molecule has 0 fully saturated rings. The second-order valence-corrected chi connectivity index (χ2v) is 4.93. The maximum Gasteiger partial charge on any atom is 0.261 e. The highest BCUT2D eigenvalue weighted by molar-refractivity contribution is 6.01. The van der Waals surface area contributed by atoms with Gasteiger partial charge in [-0.15, -0.1) is 0 Å². The van der Waals surface area contributed by atoms with E-state index >= 15 is 0 Å². The first kappa shape index (κ1) is 16.1. The van der Waals surface area contributed by atoms with E-state index in [1.807, 2.05) is 6.07 Å². The number of nitriles is 1. The number of benzene rings is 2. The van der Waals surface area contributed by atoms with Crippen LogP contribution < -0.4 is 5.32 Å². The number of carbonyl (C=O) groups excluding carboxylic acids is 1. The first-order chi connectivity index (χ1) is 11.1. The van der Waals surface area contributed by atoms with Crippen LogP contribution in [0.5, 0.6) is 11.5 Å². The molecule has 0 unspecified atom stereocenters. The predicted octanol–water partition coefficient (Wildman–Crippen LogP) is 2.36. The number of rotatable bonds is 5. The first-order valence-electron chi connectivity index (χ1n) is 7.05. The fraction of sp³-hybridized carbons (Fsp3) is 0.111. The average molecular weight is 308 g/mol. The summed E-state index contributed by atoms with van der Waals surface area (Å²) in [5.74, 6) is -0.125. The van der Waals surface area contributed by atoms with Crippen molar-refractivity contribution in [2.24, 2.45) is 0 Å². The average Bonchev–Trinajstić information content (AvgIpc) is 2.56. The van der Waals surface area contributed by atoms with Gasteiger partial charge in [-0.25, -0.2) is 0 Å². The smallest absolute Gasteiger partial charge is 0.261 e. The highest BCUT2D eigenvalue weighted by Crippen LogP contribution is 2.13. The number of hydrogen-bond acceptors (Lipinski definition) is 4. The van der Waals surface area contributed by atoms with Crippen molar-refractivity contribution in [1.82, 2.24) is 5.32 Å². The Balaban J connectivity index is 1.93. The van der Waals surface area contributed by atoms with Crippen LogP contribution in [0.3, 0.4) is 0 Å². The molecule has 0 aliphatic carbocycles. The lowest BCUT2D eigenvalue weighted by molar-refractivity contribution is -0.117. The summed E-state index contributed by atoms with van der Waals surface area (Å²) < 4.78 is 0. The number of nitrogens with one attached hydrogen (secondary N) is 1. The number of phenolic OH excluding ortho intramolecular Hbond substituents is 2. The summed E-state index contributed by atoms with van der Waals surface area (Å²) in [6.07, 6.45) is 2.07. The number of nitrogens with zero attached hydrogens (tertiary/aromatic N) is 1. The van der Waals surface area contributed by atoms with E-state index in [1.165, 1.54) is 18.2 Å². The van der Waals surface area contributed by atoms with E-state index in [-0.39, 0.29) is 17.1 Å². The Hall–Kier alpha value is -3.26. The van der Waals surface area contributed by atoms with Gasteiger partial charge in [-0.05, 0) is 47.9 Å². The monoisotopic (exact) mass is 308 g/mol. The summed E-state index contributed by atoms with van der Waals surface area (Å²) in [4.78, 5) is 12.0. The molecule has 23 heavy (non-hydrogen) atoms. The zero-order chi connectivity index (χ0) is 16.7. The standard InChI is InChI=1S/C18H16N2O3/c19-12-15(11-14-3-7-17(22)8-4-14)18(23)20-10-9-13-1-5-16(21)6-2-13/h1-8,11,21-22H,9-10H2,(H,20,23). The highest BCUT2D eigenvalue weighted by atomic mass is 16.3. The number of aromatic hydroxyl groups is 2. The molecule has 0 radical (unpaired) electrons. The summed E-state index contributed by atoms with van der Waals surface area (Å²) in [6.45, 7) is 0.387. The van der Waals surface area contributed by atoms with E-state index in [1.54, 1.807) is 36.4 Å². The van der Waals surface area contributed by atoms with Crippen molar-refractivity contribution in [3.8, 4) is 17.6 Å². The number of carbonyl (C=O) groups is 1. The minimum atomic E-state index is -0.445. The number of hydrogen-bond donors (Lipinski definition) is 3. The van der Waals surface area contributed by atoms with Gasteiger partial charge >= 0.3 is 0 Å². The van der Waals surface area contributed by atoms with Crippen molar-refractivity contribution in [3.05, 3.63) is 65.2 Å². The molecule has 0 aliphatic heterocycles. The SMILES string of the molecule is N#CC(=Cc1ccc(O)cc1)C(=O)NCCc1ccc(O)cc1. The van der Waals surface area contributed by atoms with Crippen LogP contribution in [-0.2, 0) is 11.2 Å². The van der Waals surface area contributed by atoms with Gasteiger partial charge in [0.25, 0.3) is 5.91 Å². The summed E-state index contributed by atoms with van der Waals surface area (Å²) in [7, 11) is 0. The molecule has 0 bridgehead atoms. The zero-order valence-electron chi connectivity index (χ0n) is 12.4. The number of amides is 1. The molecule has 2 aromatic rings. The van der Waals surface area contributed by atoms with E-state index in [2.05, 4.69) is 5.32 Å². The van der Waals surface area contributed by atoms with Gasteiger partial charge in [0.1, 0.15) is 23.1 Å². The van der Waals surface area contributed by atoms with Crippen molar-refractivity contribution < 1.29 is 15.0 Å². The lowest BCUT2D eigenvalue weighted by Crippen LogP contribution is -2.26. The highest BCUT2D eigenvalue weighted by Gasteiger charge is 2.08. The van der Waals surface area contributed by atoms with Crippen LogP contribution in [0.2, 0.25) is 0 Å². The van der Waals surface area contributed by atoms with Crippen LogP contribution in [0.1, 0.15) is 11.1 Å². The van der Waals surface area contributed by atoms with Crippen molar-refractivity contribution in [2.75, 3.05) is 6.54 Å². The molecule has 116 valence electrons. The van der Waals surface area contributed by atoms with Gasteiger partial charge in [0.15, 0.2) is 0 Å². The maximum atomic E-state index is 12.0. The third kappa shape index (κ3) is 4.90. The molecule has 0 aliphatic rings. The van der Waals surface area contributed by atoms with Gasteiger partial charge in [-0.1, -0.05) is 24.3 Å². The molecule has 0 aromatic heterocycles. The Kier molecular flexibility index (Phi) is 5.37. The molecule has 2 rings (SSSR count). The molecule has 5 nitrogen and oxygen atoms in total. The predicted molar refractivity (Wildman–Crippen MR) is 86.5 cm³/mol. The molecule has 0 saturated heterocycles. The Morgan fingerprint density at radius 2 is 1.61 bits per heavy atom. The normalized spacial score (nSPS) is 10.8. The summed E-state index contributed by atoms with van der Waals surface area (Å²) in [5.41, 5.74) is 1.64. The third-order valence-corrected chi connectivity index (χ3v) is 3.20. The van der Waals surface area contributed by atoms with Crippen molar-refractivity contribution in [3.63, 3.8) is 0 Å². The zero-order valence-corrected chi connectivity index (χ0v) is 12.4. The quantitative estimate of drug-likeness (QED) is 0.584. The molecule has 5 heteroatoms. The van der Waals surface area contributed by atoms with Crippen LogP contribution in [0.25, 0.3) is 6.08 Å². The van der Waals surface area contributed by atoms with Crippen molar-refractivity contribution in [1.29, 1.82) is 5.26 Å². The maximum absolute atomic E-state index is 12.0. The topological polar surface area (TPSA) is 93.3 Å². The van der Waals surface area contributed by atoms with Gasteiger partial charge in [-0.3, -0.25) is 4.79 Å². The molecule has 2 aromatic carbocycles. The Morgan fingerprint density at radius 1 is 1.04 bits per heavy atom. The Labute approximate surface area is 134 Å². The Morgan fingerprint density at radius 3 is 2.17 bits per heavy atom. The van der Waals surface area contributed by atoms with E-state index in [0.717, 1.165) is 5.56 Å². The van der Waals surface area contributed by atoms with Gasteiger partial charge in [0, 0.05) is 6.54 Å². The summed E-state index contributed by atoms with van der Waals surface area (Å²) in [5, 5.41) is 30.2. The first-order valence-corrected chi connectivity index (χ1v) is 7.05. The van der Waals surface area contributed by atoms with E-state index in [0.29, 0.717) is 18.5 Å². The van der Waals surface area contributed by atoms with Gasteiger partial charge < -0.3 is 15.5 Å². The minimum absolute atomic E-state index is 0.00129. The van der Waals surface area contributed by atoms with Crippen LogP contribution in [-0.4, -0.2) is 22.7 Å². The minimum Gasteiger partial charge on any atom is -0.508 e.